The summed E-state index contributed by atoms with van der Waals surface area (Å²) >= 11 is 1.78. The molecule has 2 saturated heterocycles. The van der Waals surface area contributed by atoms with Crippen molar-refractivity contribution in [1.29, 1.82) is 0 Å². The molecular formula is C23H27N5OS. The van der Waals surface area contributed by atoms with E-state index < -0.39 is 0 Å². The van der Waals surface area contributed by atoms with E-state index in [0.29, 0.717) is 0 Å². The molecule has 2 amide bonds. The largest absolute Gasteiger partial charge is 0.336 e. The van der Waals surface area contributed by atoms with Crippen LogP contribution in [0.15, 0.2) is 53.6 Å². The van der Waals surface area contributed by atoms with E-state index in [0.717, 1.165) is 54.6 Å². The van der Waals surface area contributed by atoms with Crippen LogP contribution in [0.4, 0.5) is 4.79 Å². The molecule has 2 N–H and O–H groups in total. The molecule has 0 saturated carbocycles. The summed E-state index contributed by atoms with van der Waals surface area (Å²) in [5.74, 6) is 1.26. The van der Waals surface area contributed by atoms with Crippen molar-refractivity contribution in [1.82, 2.24) is 25.3 Å². The second-order valence-corrected chi connectivity index (χ2v) is 9.11. The SMILES string of the molecule is CCSc1nn(-c2ccccc2)c2cc(C3CNCCC3N3CCNC3=O)ccc12. The van der Waals surface area contributed by atoms with E-state index in [1.54, 1.807) is 11.8 Å². The number of hydrogen-bond donors (Lipinski definition) is 2. The quantitative estimate of drug-likeness (QED) is 0.618. The summed E-state index contributed by atoms with van der Waals surface area (Å²) in [4.78, 5) is 14.4. The monoisotopic (exact) mass is 421 g/mol. The van der Waals surface area contributed by atoms with Crippen molar-refractivity contribution >= 4 is 28.7 Å². The van der Waals surface area contributed by atoms with Crippen LogP contribution in [0.25, 0.3) is 16.6 Å². The zero-order chi connectivity index (χ0) is 20.5. The van der Waals surface area contributed by atoms with E-state index in [2.05, 4.69) is 52.6 Å². The number of nitrogens with zero attached hydrogens (tertiary/aromatic N) is 3. The molecule has 3 aromatic rings. The molecule has 6 nitrogen and oxygen atoms in total. The molecule has 0 aliphatic carbocycles. The van der Waals surface area contributed by atoms with Gasteiger partial charge >= 0.3 is 6.03 Å². The molecule has 2 unspecified atom stereocenters. The summed E-state index contributed by atoms with van der Waals surface area (Å²) in [5.41, 5.74) is 3.47. The minimum absolute atomic E-state index is 0.0731. The summed E-state index contributed by atoms with van der Waals surface area (Å²) in [6.45, 7) is 5.53. The normalized spacial score (nSPS) is 21.9. The lowest BCUT2D eigenvalue weighted by molar-refractivity contribution is 0.171. The molecular weight excluding hydrogens is 394 g/mol. The van der Waals surface area contributed by atoms with Crippen LogP contribution in [0.3, 0.4) is 0 Å². The van der Waals surface area contributed by atoms with E-state index in [-0.39, 0.29) is 18.0 Å². The third-order valence-corrected chi connectivity index (χ3v) is 6.98. The fourth-order valence-electron chi connectivity index (χ4n) is 4.70. The van der Waals surface area contributed by atoms with Crippen LogP contribution in [0.2, 0.25) is 0 Å². The van der Waals surface area contributed by atoms with Crippen LogP contribution in [0, 0.1) is 0 Å². The maximum Gasteiger partial charge on any atom is 0.317 e. The highest BCUT2D eigenvalue weighted by Gasteiger charge is 2.36. The third kappa shape index (κ3) is 3.46. The van der Waals surface area contributed by atoms with Crippen LogP contribution >= 0.6 is 11.8 Å². The number of nitrogens with one attached hydrogen (secondary N) is 2. The van der Waals surface area contributed by atoms with Gasteiger partial charge in [0, 0.05) is 37.0 Å². The average molecular weight is 422 g/mol. The highest BCUT2D eigenvalue weighted by atomic mass is 32.2. The zero-order valence-corrected chi connectivity index (χ0v) is 18.0. The predicted molar refractivity (Wildman–Crippen MR) is 122 cm³/mol. The van der Waals surface area contributed by atoms with Gasteiger partial charge in [0.2, 0.25) is 0 Å². The van der Waals surface area contributed by atoms with Gasteiger partial charge in [-0.2, -0.15) is 5.10 Å². The lowest BCUT2D eigenvalue weighted by Gasteiger charge is -2.38. The third-order valence-electron chi connectivity index (χ3n) is 6.12. The van der Waals surface area contributed by atoms with Crippen molar-refractivity contribution in [2.75, 3.05) is 31.9 Å². The molecule has 0 spiro atoms. The van der Waals surface area contributed by atoms with Crippen molar-refractivity contribution in [2.24, 2.45) is 0 Å². The molecule has 156 valence electrons. The maximum atomic E-state index is 12.4. The van der Waals surface area contributed by atoms with Crippen molar-refractivity contribution in [3.05, 3.63) is 54.1 Å². The Morgan fingerprint density at radius 2 is 2.03 bits per heavy atom. The summed E-state index contributed by atoms with van der Waals surface area (Å²) in [6, 6.07) is 17.3. The molecule has 0 radical (unpaired) electrons. The summed E-state index contributed by atoms with van der Waals surface area (Å²) < 4.78 is 2.06. The van der Waals surface area contributed by atoms with Crippen LogP contribution < -0.4 is 10.6 Å². The first-order valence-corrected chi connectivity index (χ1v) is 11.7. The number of piperidine rings is 1. The Balaban J connectivity index is 1.58. The van der Waals surface area contributed by atoms with Gasteiger partial charge in [0.1, 0.15) is 5.03 Å². The highest BCUT2D eigenvalue weighted by Crippen LogP contribution is 2.34. The number of rotatable bonds is 5. The lowest BCUT2D eigenvalue weighted by Crippen LogP contribution is -2.49. The van der Waals surface area contributed by atoms with Gasteiger partial charge in [-0.1, -0.05) is 31.2 Å². The Kier molecular flexibility index (Phi) is 5.39. The van der Waals surface area contributed by atoms with E-state index >= 15 is 0 Å². The predicted octanol–water partition coefficient (Wildman–Crippen LogP) is 3.61. The number of thioether (sulfide) groups is 1. The van der Waals surface area contributed by atoms with E-state index in [1.165, 1.54) is 10.9 Å². The first-order valence-electron chi connectivity index (χ1n) is 10.7. The van der Waals surface area contributed by atoms with Crippen LogP contribution in [0.1, 0.15) is 24.8 Å². The maximum absolute atomic E-state index is 12.4. The van der Waals surface area contributed by atoms with E-state index in [1.807, 2.05) is 23.1 Å². The van der Waals surface area contributed by atoms with Crippen molar-refractivity contribution in [2.45, 2.75) is 30.3 Å². The Hall–Kier alpha value is -2.51. The topological polar surface area (TPSA) is 62.2 Å². The second kappa shape index (κ2) is 8.32. The zero-order valence-electron chi connectivity index (χ0n) is 17.2. The first kappa shape index (κ1) is 19.5. The van der Waals surface area contributed by atoms with Crippen molar-refractivity contribution in [3.8, 4) is 5.69 Å². The molecule has 2 aliphatic rings. The average Bonchev–Trinajstić information content (AvgIpc) is 3.38. The van der Waals surface area contributed by atoms with Gasteiger partial charge in [-0.3, -0.25) is 0 Å². The minimum atomic E-state index is 0.0731. The highest BCUT2D eigenvalue weighted by molar-refractivity contribution is 7.99. The van der Waals surface area contributed by atoms with Gasteiger partial charge in [0.05, 0.1) is 11.2 Å². The first-order chi connectivity index (χ1) is 14.8. The molecule has 3 heterocycles. The van der Waals surface area contributed by atoms with Crippen LogP contribution in [-0.2, 0) is 0 Å². The molecule has 5 rings (SSSR count). The minimum Gasteiger partial charge on any atom is -0.336 e. The van der Waals surface area contributed by atoms with E-state index in [9.17, 15) is 4.79 Å². The number of carbonyl (C=O) groups excluding carboxylic acids is 1. The summed E-state index contributed by atoms with van der Waals surface area (Å²) in [7, 11) is 0. The Morgan fingerprint density at radius 1 is 1.17 bits per heavy atom. The molecule has 7 heteroatoms. The fourth-order valence-corrected chi connectivity index (χ4v) is 5.44. The van der Waals surface area contributed by atoms with Gasteiger partial charge in [0.15, 0.2) is 0 Å². The molecule has 0 bridgehead atoms. The number of benzene rings is 2. The van der Waals surface area contributed by atoms with Gasteiger partial charge in [-0.05, 0) is 48.5 Å². The van der Waals surface area contributed by atoms with Crippen LogP contribution in [-0.4, -0.2) is 58.7 Å². The van der Waals surface area contributed by atoms with Gasteiger partial charge in [-0.15, -0.1) is 11.8 Å². The standard InChI is InChI=1S/C23H27N5OS/c1-2-30-22-18-9-8-16(14-21(18)28(26-22)17-6-4-3-5-7-17)19-15-24-11-10-20(19)27-13-12-25-23(27)29/h3-9,14,19-20,24H,2,10-13,15H2,1H3,(H,25,29). The Bertz CT molecular complexity index is 1050. The molecule has 2 aromatic carbocycles. The molecule has 30 heavy (non-hydrogen) atoms. The number of aromatic nitrogens is 2. The second-order valence-electron chi connectivity index (χ2n) is 7.85. The van der Waals surface area contributed by atoms with Crippen molar-refractivity contribution < 1.29 is 4.79 Å². The summed E-state index contributed by atoms with van der Waals surface area (Å²) in [6.07, 6.45) is 0.977. The number of hydrogen-bond acceptors (Lipinski definition) is 4. The molecule has 2 atom stereocenters. The van der Waals surface area contributed by atoms with Crippen LogP contribution in [0.5, 0.6) is 0 Å². The number of fused-ring (bicyclic) bond motifs is 1. The lowest BCUT2D eigenvalue weighted by atomic mass is 9.85. The van der Waals surface area contributed by atoms with Crippen molar-refractivity contribution in [3.63, 3.8) is 0 Å². The smallest absolute Gasteiger partial charge is 0.317 e. The van der Waals surface area contributed by atoms with E-state index in [4.69, 9.17) is 5.10 Å². The number of urea groups is 1. The molecule has 2 fully saturated rings. The number of para-hydroxylation sites is 1. The molecule has 1 aromatic heterocycles. The Labute approximate surface area is 181 Å². The number of carbonyl (C=O) groups is 1. The number of amides is 2. The van der Waals surface area contributed by atoms with Gasteiger partial charge < -0.3 is 15.5 Å². The molecule has 2 aliphatic heterocycles. The Morgan fingerprint density at radius 3 is 2.80 bits per heavy atom. The summed E-state index contributed by atoms with van der Waals surface area (Å²) in [5, 5.41) is 13.7. The van der Waals surface area contributed by atoms with Gasteiger partial charge in [-0.25, -0.2) is 9.48 Å². The fraction of sp³-hybridized carbons (Fsp3) is 0.391. The van der Waals surface area contributed by atoms with Gasteiger partial charge in [0.25, 0.3) is 0 Å².